The van der Waals surface area contributed by atoms with Crippen molar-refractivity contribution in [2.45, 2.75) is 46.1 Å². The molecule has 7 heteroatoms. The largest absolute Gasteiger partial charge is 0.341 e. The average molecular weight is 312 g/mol. The molecule has 0 bridgehead atoms. The predicted molar refractivity (Wildman–Crippen MR) is 83.8 cm³/mol. The molecule has 118 valence electrons. The topological polar surface area (TPSA) is 75.2 Å². The summed E-state index contributed by atoms with van der Waals surface area (Å²) in [5, 5.41) is 0. The molecule has 1 saturated heterocycles. The minimum absolute atomic E-state index is 0.149. The van der Waals surface area contributed by atoms with E-state index >= 15 is 0 Å². The molecule has 0 aliphatic carbocycles. The van der Waals surface area contributed by atoms with Crippen LogP contribution in [0.2, 0.25) is 0 Å². The normalized spacial score (nSPS) is 16.2. The Kier molecular flexibility index (Phi) is 5.52. The smallest absolute Gasteiger partial charge is 0.225 e. The number of aryl methyl sites for hydroxylation is 1. The summed E-state index contributed by atoms with van der Waals surface area (Å²) >= 11 is 0. The molecular formula is C14H24N4O2S. The highest BCUT2D eigenvalue weighted by molar-refractivity contribution is 7.89. The van der Waals surface area contributed by atoms with E-state index in [-0.39, 0.29) is 12.3 Å². The third kappa shape index (κ3) is 4.93. The summed E-state index contributed by atoms with van der Waals surface area (Å²) < 4.78 is 26.0. The molecule has 2 rings (SSSR count). The second-order valence-corrected chi connectivity index (χ2v) is 7.41. The van der Waals surface area contributed by atoms with Gasteiger partial charge in [-0.05, 0) is 38.7 Å². The summed E-state index contributed by atoms with van der Waals surface area (Å²) in [5.41, 5.74) is 1.60. The van der Waals surface area contributed by atoms with E-state index in [0.717, 1.165) is 43.3 Å². The minimum atomic E-state index is -3.20. The highest BCUT2D eigenvalue weighted by Gasteiger charge is 2.15. The van der Waals surface area contributed by atoms with Gasteiger partial charge in [-0.1, -0.05) is 6.92 Å². The molecule has 0 atom stereocenters. The number of aromatic nitrogens is 2. The first-order valence-corrected chi connectivity index (χ1v) is 9.22. The van der Waals surface area contributed by atoms with Crippen molar-refractivity contribution in [3.05, 3.63) is 17.5 Å². The number of sulfonamides is 1. The van der Waals surface area contributed by atoms with E-state index in [1.807, 2.05) is 19.9 Å². The first kappa shape index (κ1) is 16.2. The lowest BCUT2D eigenvalue weighted by Gasteiger charge is -2.27. The molecule has 1 aromatic rings. The molecule has 0 saturated carbocycles. The maximum Gasteiger partial charge on any atom is 0.225 e. The molecule has 2 heterocycles. The van der Waals surface area contributed by atoms with Gasteiger partial charge < -0.3 is 4.90 Å². The number of rotatable bonds is 6. The van der Waals surface area contributed by atoms with Crippen LogP contribution in [0, 0.1) is 6.92 Å². The van der Waals surface area contributed by atoms with Gasteiger partial charge in [-0.2, -0.15) is 0 Å². The highest BCUT2D eigenvalue weighted by Crippen LogP contribution is 2.16. The van der Waals surface area contributed by atoms with Gasteiger partial charge in [0.25, 0.3) is 0 Å². The van der Waals surface area contributed by atoms with Crippen molar-refractivity contribution in [3.63, 3.8) is 0 Å². The lowest BCUT2D eigenvalue weighted by atomic mass is 10.1. The predicted octanol–water partition coefficient (Wildman–Crippen LogP) is 1.60. The highest BCUT2D eigenvalue weighted by atomic mass is 32.2. The zero-order chi connectivity index (χ0) is 15.3. The molecule has 0 spiro atoms. The van der Waals surface area contributed by atoms with Crippen molar-refractivity contribution in [1.82, 2.24) is 14.7 Å². The van der Waals surface area contributed by atoms with Crippen LogP contribution in [0.1, 0.15) is 44.0 Å². The number of hydrogen-bond acceptors (Lipinski definition) is 5. The fourth-order valence-electron chi connectivity index (χ4n) is 2.47. The van der Waals surface area contributed by atoms with Crippen molar-refractivity contribution in [2.24, 2.45) is 0 Å². The second kappa shape index (κ2) is 7.17. The Morgan fingerprint density at radius 2 is 1.95 bits per heavy atom. The Balaban J connectivity index is 2.08. The Labute approximate surface area is 127 Å². The number of nitrogens with one attached hydrogen (secondary N) is 1. The fraction of sp³-hybridized carbons (Fsp3) is 0.714. The summed E-state index contributed by atoms with van der Waals surface area (Å²) in [5.74, 6) is 0.871. The van der Waals surface area contributed by atoms with Crippen LogP contribution in [-0.4, -0.2) is 37.2 Å². The number of anilines is 1. The summed E-state index contributed by atoms with van der Waals surface area (Å²) in [6.45, 7) is 5.95. The quantitative estimate of drug-likeness (QED) is 0.863. The van der Waals surface area contributed by atoms with Crippen LogP contribution in [0.15, 0.2) is 6.07 Å². The van der Waals surface area contributed by atoms with Crippen LogP contribution in [-0.2, 0) is 16.6 Å². The monoisotopic (exact) mass is 312 g/mol. The second-order valence-electron chi connectivity index (χ2n) is 5.49. The van der Waals surface area contributed by atoms with Gasteiger partial charge in [-0.3, -0.25) is 0 Å². The molecular weight excluding hydrogens is 288 g/mol. The molecule has 21 heavy (non-hydrogen) atoms. The summed E-state index contributed by atoms with van der Waals surface area (Å²) in [7, 11) is -3.20. The SMILES string of the molecule is CCCS(=O)(=O)NCc1cc(C)nc(N2CCCCC2)n1. The molecule has 0 aromatic carbocycles. The molecule has 0 amide bonds. The van der Waals surface area contributed by atoms with E-state index in [2.05, 4.69) is 19.6 Å². The van der Waals surface area contributed by atoms with Gasteiger partial charge in [0.05, 0.1) is 18.0 Å². The molecule has 1 N–H and O–H groups in total. The summed E-state index contributed by atoms with van der Waals surface area (Å²) in [6, 6.07) is 1.84. The van der Waals surface area contributed by atoms with Crippen molar-refractivity contribution in [1.29, 1.82) is 0 Å². The maximum atomic E-state index is 11.7. The van der Waals surface area contributed by atoms with Crippen molar-refractivity contribution >= 4 is 16.0 Å². The third-order valence-electron chi connectivity index (χ3n) is 3.48. The number of piperidine rings is 1. The van der Waals surface area contributed by atoms with Crippen LogP contribution in [0.4, 0.5) is 5.95 Å². The van der Waals surface area contributed by atoms with Gasteiger partial charge in [-0.15, -0.1) is 0 Å². The Bertz CT molecular complexity index is 568. The van der Waals surface area contributed by atoms with Crippen LogP contribution in [0.3, 0.4) is 0 Å². The molecule has 0 unspecified atom stereocenters. The Morgan fingerprint density at radius 1 is 1.24 bits per heavy atom. The lowest BCUT2D eigenvalue weighted by Crippen LogP contribution is -2.32. The minimum Gasteiger partial charge on any atom is -0.341 e. The maximum absolute atomic E-state index is 11.7. The Hall–Kier alpha value is -1.21. The van der Waals surface area contributed by atoms with Gasteiger partial charge in [0, 0.05) is 18.8 Å². The standard InChI is InChI=1S/C14H24N4O2S/c1-3-9-21(19,20)15-11-13-10-12(2)16-14(17-13)18-7-5-4-6-8-18/h10,15H,3-9,11H2,1-2H3. The zero-order valence-corrected chi connectivity index (χ0v) is 13.6. The van der Waals surface area contributed by atoms with Gasteiger partial charge in [0.2, 0.25) is 16.0 Å². The van der Waals surface area contributed by atoms with Crippen molar-refractivity contribution < 1.29 is 8.42 Å². The summed E-state index contributed by atoms with van der Waals surface area (Å²) in [4.78, 5) is 11.2. The van der Waals surface area contributed by atoms with Crippen LogP contribution in [0.25, 0.3) is 0 Å². The van der Waals surface area contributed by atoms with E-state index in [4.69, 9.17) is 0 Å². The van der Waals surface area contributed by atoms with Gasteiger partial charge in [-0.25, -0.2) is 23.1 Å². The molecule has 0 radical (unpaired) electrons. The third-order valence-corrected chi connectivity index (χ3v) is 5.01. The fourth-order valence-corrected chi connectivity index (χ4v) is 3.52. The van der Waals surface area contributed by atoms with E-state index in [0.29, 0.717) is 6.42 Å². The van der Waals surface area contributed by atoms with Gasteiger partial charge >= 0.3 is 0 Å². The van der Waals surface area contributed by atoms with Crippen molar-refractivity contribution in [3.8, 4) is 0 Å². The molecule has 6 nitrogen and oxygen atoms in total. The zero-order valence-electron chi connectivity index (χ0n) is 12.8. The lowest BCUT2D eigenvalue weighted by molar-refractivity contribution is 0.565. The molecule has 1 fully saturated rings. The van der Waals surface area contributed by atoms with Gasteiger partial charge in [0.15, 0.2) is 0 Å². The first-order valence-electron chi connectivity index (χ1n) is 7.57. The van der Waals surface area contributed by atoms with E-state index in [9.17, 15) is 8.42 Å². The average Bonchev–Trinajstić information content (AvgIpc) is 2.46. The number of nitrogens with zero attached hydrogens (tertiary/aromatic N) is 3. The molecule has 1 aromatic heterocycles. The van der Waals surface area contributed by atoms with Crippen LogP contribution >= 0.6 is 0 Å². The first-order chi connectivity index (χ1) is 10.00. The van der Waals surface area contributed by atoms with Crippen LogP contribution < -0.4 is 9.62 Å². The van der Waals surface area contributed by atoms with E-state index in [1.54, 1.807) is 0 Å². The number of hydrogen-bond donors (Lipinski definition) is 1. The van der Waals surface area contributed by atoms with E-state index in [1.165, 1.54) is 6.42 Å². The molecule has 1 aliphatic heterocycles. The van der Waals surface area contributed by atoms with Gasteiger partial charge in [0.1, 0.15) is 0 Å². The Morgan fingerprint density at radius 3 is 2.62 bits per heavy atom. The van der Waals surface area contributed by atoms with Crippen LogP contribution in [0.5, 0.6) is 0 Å². The van der Waals surface area contributed by atoms with Crippen molar-refractivity contribution in [2.75, 3.05) is 23.7 Å². The summed E-state index contributed by atoms with van der Waals surface area (Å²) in [6.07, 6.45) is 4.19. The molecule has 1 aliphatic rings. The van der Waals surface area contributed by atoms with E-state index < -0.39 is 10.0 Å².